The minimum Gasteiger partial charge on any atom is -0.454 e. The molecule has 1 aliphatic rings. The fourth-order valence-electron chi connectivity index (χ4n) is 16.7. The van der Waals surface area contributed by atoms with Crippen molar-refractivity contribution in [2.75, 3.05) is 9.80 Å². The monoisotopic (exact) mass is 1390 g/mol. The average molecular weight is 1390 g/mol. The van der Waals surface area contributed by atoms with Crippen LogP contribution in [0.15, 0.2) is 296 Å². The normalized spacial score (nSPS) is 14.4. The van der Waals surface area contributed by atoms with Crippen LogP contribution < -0.4 is 30.5 Å². The van der Waals surface area contributed by atoms with Crippen molar-refractivity contribution in [3.63, 3.8) is 0 Å². The first-order valence-electron chi connectivity index (χ1n) is 37.9. The zero-order valence-electron chi connectivity index (χ0n) is 65.0. The van der Waals surface area contributed by atoms with Crippen molar-refractivity contribution in [1.82, 2.24) is 0 Å². The Hall–Kier alpha value is -10.3. The van der Waals surface area contributed by atoms with Gasteiger partial charge in [0.2, 0.25) is 0 Å². The van der Waals surface area contributed by atoms with E-state index in [0.29, 0.717) is 0 Å². The summed E-state index contributed by atoms with van der Waals surface area (Å²) < 4.78 is 7.59. The van der Waals surface area contributed by atoms with E-state index >= 15 is 0 Å². The number of rotatable bonds is 12. The zero-order chi connectivity index (χ0) is 74.0. The minimum atomic E-state index is -3.23. The fourth-order valence-corrected chi connectivity index (χ4v) is 21.4. The Morgan fingerprint density at radius 2 is 0.552 bits per heavy atom. The Labute approximate surface area is 626 Å². The van der Waals surface area contributed by atoms with Gasteiger partial charge in [-0.15, -0.1) is 0 Å². The topological polar surface area (TPSA) is 19.6 Å². The van der Waals surface area contributed by atoms with E-state index in [0.717, 1.165) is 61.4 Å². The van der Waals surface area contributed by atoms with Crippen LogP contribution in [0.1, 0.15) is 180 Å². The molecule has 1 aliphatic carbocycles. The van der Waals surface area contributed by atoms with Gasteiger partial charge in [0, 0.05) is 38.9 Å². The van der Waals surface area contributed by atoms with Gasteiger partial charge >= 0.3 is 0 Å². The lowest BCUT2D eigenvalue weighted by Gasteiger charge is -2.38. The number of para-hydroxylation sites is 3. The molecule has 105 heavy (non-hydrogen) atoms. The van der Waals surface area contributed by atoms with E-state index in [1.54, 1.807) is 0 Å². The lowest BCUT2D eigenvalue weighted by atomic mass is 9.67. The summed E-state index contributed by atoms with van der Waals surface area (Å²) in [5.41, 5.74) is 21.6. The zero-order valence-corrected chi connectivity index (χ0v) is 66.0. The van der Waals surface area contributed by atoms with E-state index < -0.39 is 13.5 Å². The quantitative estimate of drug-likeness (QED) is 0.0898. The van der Waals surface area contributed by atoms with Gasteiger partial charge in [-0.05, 0) is 192 Å². The molecule has 1 atom stereocenters. The molecule has 4 heteroatoms. The van der Waals surface area contributed by atoms with Gasteiger partial charge < -0.3 is 14.2 Å². The molecule has 1 aromatic heterocycles. The number of fused-ring (bicyclic) bond motifs is 9. The van der Waals surface area contributed by atoms with Crippen molar-refractivity contribution in [1.29, 1.82) is 0 Å². The number of benzene rings is 13. The molecule has 15 rings (SSSR count). The summed E-state index contributed by atoms with van der Waals surface area (Å²) in [5, 5.41) is 9.85. The van der Waals surface area contributed by atoms with Crippen molar-refractivity contribution >= 4 is 95.7 Å². The van der Waals surface area contributed by atoms with Gasteiger partial charge in [-0.1, -0.05) is 349 Å². The Bertz CT molecular complexity index is 5370. The number of hydrogen-bond acceptors (Lipinski definition) is 3. The van der Waals surface area contributed by atoms with E-state index in [4.69, 9.17) is 4.42 Å². The number of hydrogen-bond donors (Lipinski definition) is 0. The molecule has 0 aliphatic heterocycles. The van der Waals surface area contributed by atoms with Crippen molar-refractivity contribution < 1.29 is 4.42 Å². The summed E-state index contributed by atoms with van der Waals surface area (Å²) in [5.74, 6) is 0. The van der Waals surface area contributed by atoms with E-state index in [-0.39, 0.29) is 32.5 Å². The fraction of sp³-hybridized carbons (Fsp3) is 0.248. The van der Waals surface area contributed by atoms with Crippen LogP contribution in [0.2, 0.25) is 0 Å². The van der Waals surface area contributed by atoms with Crippen LogP contribution >= 0.6 is 0 Å². The molecular weight excluding hydrogens is 1290 g/mol. The predicted octanol–water partition coefficient (Wildman–Crippen LogP) is 25.2. The molecule has 0 N–H and O–H groups in total. The van der Waals surface area contributed by atoms with Gasteiger partial charge in [-0.2, -0.15) is 0 Å². The second-order valence-electron chi connectivity index (χ2n) is 35.8. The van der Waals surface area contributed by atoms with Crippen molar-refractivity contribution in [2.45, 2.75) is 163 Å². The number of nitrogens with zero attached hydrogens (tertiary/aromatic N) is 2. The third-order valence-corrected chi connectivity index (χ3v) is 27.5. The van der Waals surface area contributed by atoms with E-state index in [1.807, 2.05) is 0 Å². The smallest absolute Gasteiger partial charge is 0.179 e. The maximum atomic E-state index is 7.59. The summed E-state index contributed by atoms with van der Waals surface area (Å²) in [4.78, 5) is 4.97. The summed E-state index contributed by atoms with van der Waals surface area (Å²) in [6.07, 6.45) is 0. The molecule has 526 valence electrons. The Balaban J connectivity index is 1.12. The molecule has 1 heterocycles. The van der Waals surface area contributed by atoms with E-state index in [9.17, 15) is 0 Å². The van der Waals surface area contributed by atoms with Gasteiger partial charge in [0.1, 0.15) is 5.58 Å². The van der Waals surface area contributed by atoms with Gasteiger partial charge in [-0.25, -0.2) is 0 Å². The molecule has 0 bridgehead atoms. The molecule has 14 aromatic rings. The van der Waals surface area contributed by atoms with Crippen molar-refractivity contribution in [3.05, 3.63) is 347 Å². The molecule has 0 spiro atoms. The van der Waals surface area contributed by atoms with Crippen molar-refractivity contribution in [2.24, 2.45) is 0 Å². The summed E-state index contributed by atoms with van der Waals surface area (Å²) in [6.45, 7) is 41.8. The van der Waals surface area contributed by atoms with Gasteiger partial charge in [0.15, 0.2) is 13.7 Å². The Morgan fingerprint density at radius 3 is 0.943 bits per heavy atom. The molecular formula is C101H102N2OSi. The number of anilines is 6. The highest BCUT2D eigenvalue weighted by Crippen LogP contribution is 2.64. The molecule has 3 nitrogen and oxygen atoms in total. The maximum absolute atomic E-state index is 7.59. The standard InChI is InChI=1S/C101H102N2OSi/c1-95(2,3)67-37-39-73(40-38-67)101(74-51-63-82(64-52-74)105(79-57-45-70(46-58-79)98(10,11)12,80-59-47-71(48-60-80)99(13,14)15)81-61-49-72(50-62-81)100(16,17)18)86-65-88(102(75-29-21-19-22-30-75)77-53-41-68(42-54-77)96(4,5)6)83-33-25-26-34-84(83)91(86)93-87(101)66-89(94-92(93)85-35-27-28-36-90(85)104-94)103(76-31-23-20-24-32-76)78-55-43-69(44-56-78)97(7,8)9/h19-66H,1-18H3. The summed E-state index contributed by atoms with van der Waals surface area (Å²) in [7, 11) is -3.23. The first-order chi connectivity index (χ1) is 49.9. The third kappa shape index (κ3) is 12.3. The Kier molecular flexibility index (Phi) is 17.3. The molecule has 1 unspecified atom stereocenters. The number of furan rings is 1. The molecule has 0 saturated carbocycles. The molecule has 0 saturated heterocycles. The van der Waals surface area contributed by atoms with Crippen LogP contribution in [0, 0.1) is 0 Å². The second-order valence-corrected chi connectivity index (χ2v) is 39.6. The largest absolute Gasteiger partial charge is 0.454 e. The minimum absolute atomic E-state index is 0.0379. The first-order valence-corrected chi connectivity index (χ1v) is 39.9. The van der Waals surface area contributed by atoms with E-state index in [1.165, 1.54) is 92.9 Å². The first kappa shape index (κ1) is 70.4. The van der Waals surface area contributed by atoms with Crippen LogP contribution in [0.25, 0.3) is 43.8 Å². The average Bonchev–Trinajstić information content (AvgIpc) is 1.51. The highest BCUT2D eigenvalue weighted by Gasteiger charge is 2.51. The molecule has 13 aromatic carbocycles. The van der Waals surface area contributed by atoms with Crippen LogP contribution in [0.4, 0.5) is 34.1 Å². The predicted molar refractivity (Wildman–Crippen MR) is 454 cm³/mol. The molecule has 0 fully saturated rings. The molecule has 0 amide bonds. The van der Waals surface area contributed by atoms with Gasteiger partial charge in [0.05, 0.1) is 16.8 Å². The van der Waals surface area contributed by atoms with Gasteiger partial charge in [0.25, 0.3) is 0 Å². The molecule has 0 radical (unpaired) electrons. The summed E-state index contributed by atoms with van der Waals surface area (Å²) in [6, 6.07) is 113. The third-order valence-electron chi connectivity index (χ3n) is 22.7. The van der Waals surface area contributed by atoms with E-state index in [2.05, 4.69) is 426 Å². The Morgan fingerprint density at radius 1 is 0.267 bits per heavy atom. The highest BCUT2D eigenvalue weighted by atomic mass is 28.3. The van der Waals surface area contributed by atoms with Crippen LogP contribution in [0.3, 0.4) is 0 Å². The van der Waals surface area contributed by atoms with Crippen LogP contribution in [-0.4, -0.2) is 8.07 Å². The van der Waals surface area contributed by atoms with Gasteiger partial charge in [-0.3, -0.25) is 0 Å². The van der Waals surface area contributed by atoms with Crippen LogP contribution in [0.5, 0.6) is 0 Å². The lowest BCUT2D eigenvalue weighted by Crippen LogP contribution is -2.74. The lowest BCUT2D eigenvalue weighted by molar-refractivity contribution is 0.589. The summed E-state index contributed by atoms with van der Waals surface area (Å²) >= 11 is 0. The van der Waals surface area contributed by atoms with Crippen molar-refractivity contribution in [3.8, 4) is 11.1 Å². The maximum Gasteiger partial charge on any atom is 0.179 e. The van der Waals surface area contributed by atoms with Crippen LogP contribution in [-0.2, 0) is 37.9 Å². The second kappa shape index (κ2) is 25.8. The highest BCUT2D eigenvalue weighted by molar-refractivity contribution is 7.19. The SMILES string of the molecule is CC(C)(C)c1ccc(N(c2ccccc2)c2cc3c(c4ccccc24)-c2c(cc(N(c4ccccc4)c4ccc(C(C)(C)C)cc4)c4oc5ccccc5c24)C3(c2ccc(C(C)(C)C)cc2)c2ccc([Si](c3ccc(C(C)(C)C)cc3)(c3ccc(C(C)(C)C)cc3)c3ccc(C(C)(C)C)cc3)cc2)cc1.